The van der Waals surface area contributed by atoms with E-state index in [1.54, 1.807) is 25.2 Å². The van der Waals surface area contributed by atoms with E-state index in [1.807, 2.05) is 0 Å². The molecule has 0 saturated heterocycles. The predicted octanol–water partition coefficient (Wildman–Crippen LogP) is 4.99. The number of nitrogens with zero attached hydrogens (tertiary/aromatic N) is 3. The molecular weight excluding hydrogens is 439 g/mol. The first kappa shape index (κ1) is 21.6. The van der Waals surface area contributed by atoms with Gasteiger partial charge in [-0.3, -0.25) is 10.2 Å². The van der Waals surface area contributed by atoms with Gasteiger partial charge in [0.2, 0.25) is 0 Å². The van der Waals surface area contributed by atoms with Gasteiger partial charge in [0.25, 0.3) is 5.91 Å². The van der Waals surface area contributed by atoms with Crippen molar-refractivity contribution >= 4 is 52.4 Å². The molecule has 162 valence electrons. The Morgan fingerprint density at radius 2 is 2.06 bits per heavy atom. The molecule has 1 aromatic carbocycles. The molecule has 0 spiro atoms. The summed E-state index contributed by atoms with van der Waals surface area (Å²) in [5.74, 6) is -0.301. The lowest BCUT2D eigenvalue weighted by atomic mass is 9.95. The number of carbonyl (C=O) groups excluding carboxylic acids is 1. The number of anilines is 1. The van der Waals surface area contributed by atoms with Crippen molar-refractivity contribution < 1.29 is 8.68 Å². The number of fused-ring (bicyclic) bond motifs is 1. The van der Waals surface area contributed by atoms with E-state index in [2.05, 4.69) is 20.6 Å². The SMILES string of the molecule is CNc1cc(Cl)ccc1C(=N)c1cnc2c(n1)c(C(=O)NC1CCCCC1)cn2SF. The van der Waals surface area contributed by atoms with Crippen LogP contribution in [0.5, 0.6) is 0 Å². The lowest BCUT2D eigenvalue weighted by Gasteiger charge is -2.22. The first-order valence-electron chi connectivity index (χ1n) is 10.1. The highest BCUT2D eigenvalue weighted by Crippen LogP contribution is 2.27. The number of benzene rings is 1. The van der Waals surface area contributed by atoms with Gasteiger partial charge in [-0.1, -0.05) is 30.9 Å². The molecule has 2 heterocycles. The van der Waals surface area contributed by atoms with Gasteiger partial charge in [0, 0.05) is 35.6 Å². The number of carbonyl (C=O) groups is 1. The molecule has 2 aromatic heterocycles. The number of rotatable bonds is 6. The van der Waals surface area contributed by atoms with E-state index in [4.69, 9.17) is 17.0 Å². The summed E-state index contributed by atoms with van der Waals surface area (Å²) in [5, 5.41) is 15.2. The van der Waals surface area contributed by atoms with Crippen molar-refractivity contribution in [2.75, 3.05) is 12.4 Å². The Morgan fingerprint density at radius 3 is 2.77 bits per heavy atom. The molecule has 10 heteroatoms. The summed E-state index contributed by atoms with van der Waals surface area (Å²) >= 11 is 6.01. The summed E-state index contributed by atoms with van der Waals surface area (Å²) < 4.78 is 14.6. The largest absolute Gasteiger partial charge is 0.388 e. The molecule has 3 aromatic rings. The Balaban J connectivity index is 1.71. The van der Waals surface area contributed by atoms with Crippen LogP contribution in [0.3, 0.4) is 0 Å². The first-order valence-corrected chi connectivity index (χ1v) is 11.1. The second-order valence-corrected chi connectivity index (χ2v) is 8.46. The molecular formula is C21H22ClFN6OS. The zero-order chi connectivity index (χ0) is 22.0. The van der Waals surface area contributed by atoms with Crippen molar-refractivity contribution in [3.63, 3.8) is 0 Å². The zero-order valence-electron chi connectivity index (χ0n) is 16.9. The van der Waals surface area contributed by atoms with E-state index in [1.165, 1.54) is 22.8 Å². The molecule has 31 heavy (non-hydrogen) atoms. The van der Waals surface area contributed by atoms with Gasteiger partial charge in [0.05, 0.1) is 17.5 Å². The predicted molar refractivity (Wildman–Crippen MR) is 123 cm³/mol. The number of amides is 1. The standard InChI is InChI=1S/C21H22ClFN6OS/c1-25-16-9-12(22)7-8-14(16)18(24)17-10-26-20-19(28-17)15(11-29(20)31-23)21(30)27-13-5-3-2-4-6-13/h7-11,13,24-25H,2-6H2,1H3,(H,27,30). The fraction of sp³-hybridized carbons (Fsp3) is 0.333. The molecule has 1 amide bonds. The van der Waals surface area contributed by atoms with Crippen molar-refractivity contribution in [1.29, 1.82) is 5.41 Å². The highest BCUT2D eigenvalue weighted by atomic mass is 35.5. The average molecular weight is 461 g/mol. The summed E-state index contributed by atoms with van der Waals surface area (Å²) in [6, 6.07) is 5.25. The molecule has 0 aliphatic heterocycles. The van der Waals surface area contributed by atoms with Crippen LogP contribution >= 0.6 is 23.9 Å². The maximum Gasteiger partial charge on any atom is 0.255 e. The highest BCUT2D eigenvalue weighted by Gasteiger charge is 2.23. The Morgan fingerprint density at radius 1 is 1.29 bits per heavy atom. The van der Waals surface area contributed by atoms with Crippen molar-refractivity contribution in [2.45, 2.75) is 38.1 Å². The van der Waals surface area contributed by atoms with Crippen LogP contribution in [0.2, 0.25) is 5.02 Å². The second-order valence-electron chi connectivity index (χ2n) is 7.49. The van der Waals surface area contributed by atoms with Gasteiger partial charge in [-0.05, 0) is 31.0 Å². The minimum Gasteiger partial charge on any atom is -0.388 e. The summed E-state index contributed by atoms with van der Waals surface area (Å²) in [4.78, 5) is 21.8. The molecule has 3 N–H and O–H groups in total. The molecule has 1 fully saturated rings. The lowest BCUT2D eigenvalue weighted by Crippen LogP contribution is -2.36. The fourth-order valence-corrected chi connectivity index (χ4v) is 4.41. The number of hydrogen-bond donors (Lipinski definition) is 3. The van der Waals surface area contributed by atoms with Crippen LogP contribution in [0.4, 0.5) is 9.57 Å². The van der Waals surface area contributed by atoms with Gasteiger partial charge in [0.15, 0.2) is 18.0 Å². The van der Waals surface area contributed by atoms with Gasteiger partial charge < -0.3 is 10.6 Å². The Labute approximate surface area is 188 Å². The summed E-state index contributed by atoms with van der Waals surface area (Å²) in [6.45, 7) is 0. The van der Waals surface area contributed by atoms with Crippen molar-refractivity contribution in [3.8, 4) is 0 Å². The summed E-state index contributed by atoms with van der Waals surface area (Å²) in [7, 11) is 1.74. The van der Waals surface area contributed by atoms with Crippen LogP contribution in [0, 0.1) is 5.41 Å². The van der Waals surface area contributed by atoms with Crippen LogP contribution in [-0.4, -0.2) is 38.6 Å². The summed E-state index contributed by atoms with van der Waals surface area (Å²) in [5.41, 5.74) is 2.41. The topological polar surface area (TPSA) is 95.7 Å². The highest BCUT2D eigenvalue weighted by molar-refractivity contribution is 7.92. The maximum absolute atomic E-state index is 13.5. The van der Waals surface area contributed by atoms with Gasteiger partial charge in [-0.2, -0.15) is 0 Å². The van der Waals surface area contributed by atoms with E-state index >= 15 is 0 Å². The molecule has 0 bridgehead atoms. The Hall–Kier alpha value is -2.65. The normalized spacial score (nSPS) is 14.5. The van der Waals surface area contributed by atoms with E-state index in [-0.39, 0.29) is 52.4 Å². The van der Waals surface area contributed by atoms with Crippen molar-refractivity contribution in [3.05, 3.63) is 52.4 Å². The number of nitrogens with one attached hydrogen (secondary N) is 3. The molecule has 0 atom stereocenters. The van der Waals surface area contributed by atoms with Gasteiger partial charge in [-0.15, -0.1) is 3.89 Å². The molecule has 7 nitrogen and oxygen atoms in total. The Kier molecular flexibility index (Phi) is 6.43. The average Bonchev–Trinajstić information content (AvgIpc) is 3.17. The molecule has 1 aliphatic rings. The van der Waals surface area contributed by atoms with E-state index < -0.39 is 0 Å². The molecule has 4 rings (SSSR count). The smallest absolute Gasteiger partial charge is 0.255 e. The van der Waals surface area contributed by atoms with E-state index in [9.17, 15) is 8.68 Å². The second kappa shape index (κ2) is 9.23. The van der Waals surface area contributed by atoms with Crippen molar-refractivity contribution in [2.24, 2.45) is 0 Å². The third-order valence-corrected chi connectivity index (χ3v) is 6.16. The number of halogens is 2. The number of hydrogen-bond acceptors (Lipinski definition) is 6. The van der Waals surface area contributed by atoms with Gasteiger partial charge in [0.1, 0.15) is 11.2 Å². The van der Waals surface area contributed by atoms with Crippen LogP contribution in [0.25, 0.3) is 11.2 Å². The lowest BCUT2D eigenvalue weighted by molar-refractivity contribution is 0.0929. The third kappa shape index (κ3) is 4.38. The van der Waals surface area contributed by atoms with E-state index in [0.29, 0.717) is 16.3 Å². The monoisotopic (exact) mass is 460 g/mol. The maximum atomic E-state index is 13.5. The van der Waals surface area contributed by atoms with Crippen LogP contribution in [-0.2, 0) is 0 Å². The van der Waals surface area contributed by atoms with Gasteiger partial charge in [-0.25, -0.2) is 13.9 Å². The van der Waals surface area contributed by atoms with E-state index in [0.717, 1.165) is 25.7 Å². The molecule has 1 saturated carbocycles. The minimum atomic E-state index is -0.301. The minimum absolute atomic E-state index is 0.0433. The fourth-order valence-electron chi connectivity index (χ4n) is 3.89. The van der Waals surface area contributed by atoms with Crippen LogP contribution in [0.15, 0.2) is 30.6 Å². The molecule has 0 radical (unpaired) electrons. The van der Waals surface area contributed by atoms with Crippen LogP contribution in [0.1, 0.15) is 53.7 Å². The zero-order valence-corrected chi connectivity index (χ0v) is 18.5. The van der Waals surface area contributed by atoms with Crippen molar-refractivity contribution in [1.82, 2.24) is 19.3 Å². The molecule has 1 aliphatic carbocycles. The quantitative estimate of drug-likeness (QED) is 0.450. The molecule has 0 unspecified atom stereocenters. The summed E-state index contributed by atoms with van der Waals surface area (Å²) in [6.07, 6.45) is 8.04. The Bertz CT molecular complexity index is 1140. The van der Waals surface area contributed by atoms with Crippen LogP contribution < -0.4 is 10.6 Å². The number of aromatic nitrogens is 3. The third-order valence-electron chi connectivity index (χ3n) is 5.50. The van der Waals surface area contributed by atoms with Gasteiger partial charge >= 0.3 is 0 Å². The first-order chi connectivity index (χ1) is 15.0.